The van der Waals surface area contributed by atoms with Crippen LogP contribution >= 0.6 is 0 Å². The quantitative estimate of drug-likeness (QED) is 0.813. The molecule has 3 N–H and O–H groups in total. The number of rotatable bonds is 2. The Morgan fingerprint density at radius 1 is 1.47 bits per heavy atom. The van der Waals surface area contributed by atoms with E-state index in [0.29, 0.717) is 0 Å². The molecular weight excluding hydrogens is 216 g/mol. The molecule has 0 saturated heterocycles. The average molecular weight is 234 g/mol. The topological polar surface area (TPSA) is 76.4 Å². The molecule has 2 rings (SSSR count). The molecule has 0 saturated carbocycles. The van der Waals surface area contributed by atoms with Gasteiger partial charge in [-0.2, -0.15) is 5.10 Å². The maximum absolute atomic E-state index is 9.03. The summed E-state index contributed by atoms with van der Waals surface area (Å²) in [7, 11) is 0. The Morgan fingerprint density at radius 3 is 2.76 bits per heavy atom. The molecule has 0 aliphatic rings. The van der Waals surface area contributed by atoms with Crippen molar-refractivity contribution in [3.8, 4) is 0 Å². The van der Waals surface area contributed by atoms with Gasteiger partial charge in [-0.15, -0.1) is 0 Å². The number of aromatic nitrogens is 3. The zero-order valence-corrected chi connectivity index (χ0v) is 10.4. The molecule has 1 atom stereocenters. The highest BCUT2D eigenvalue weighted by atomic mass is 16.3. The first-order valence-corrected chi connectivity index (χ1v) is 5.65. The van der Waals surface area contributed by atoms with Crippen LogP contribution in [-0.2, 0) is 5.41 Å². The van der Waals surface area contributed by atoms with Gasteiger partial charge < -0.3 is 10.8 Å². The fourth-order valence-corrected chi connectivity index (χ4v) is 1.55. The van der Waals surface area contributed by atoms with Crippen LogP contribution in [0.3, 0.4) is 0 Å². The molecule has 2 heterocycles. The van der Waals surface area contributed by atoms with Crippen LogP contribution in [0.5, 0.6) is 0 Å². The molecule has 0 bridgehead atoms. The van der Waals surface area contributed by atoms with Crippen molar-refractivity contribution in [2.45, 2.75) is 32.2 Å². The minimum Gasteiger partial charge on any atom is -0.394 e. The SMILES string of the molecule is CC(C)(C)c1nc2cc(C(N)CO)ccn2n1. The fraction of sp³-hybridized carbons (Fsp3) is 0.500. The van der Waals surface area contributed by atoms with E-state index in [1.807, 2.05) is 18.3 Å². The molecule has 5 nitrogen and oxygen atoms in total. The number of hydrogen-bond donors (Lipinski definition) is 2. The second kappa shape index (κ2) is 4.09. The third-order valence-corrected chi connectivity index (χ3v) is 2.66. The first-order chi connectivity index (χ1) is 7.91. The number of nitrogens with two attached hydrogens (primary N) is 1. The second-order valence-electron chi connectivity index (χ2n) is 5.24. The summed E-state index contributed by atoms with van der Waals surface area (Å²) in [6, 6.07) is 3.35. The van der Waals surface area contributed by atoms with E-state index in [9.17, 15) is 0 Å². The summed E-state index contributed by atoms with van der Waals surface area (Å²) >= 11 is 0. The Morgan fingerprint density at radius 2 is 2.18 bits per heavy atom. The molecule has 2 aromatic rings. The lowest BCUT2D eigenvalue weighted by atomic mass is 9.96. The summed E-state index contributed by atoms with van der Waals surface area (Å²) in [5.74, 6) is 0.798. The van der Waals surface area contributed by atoms with Crippen molar-refractivity contribution in [2.24, 2.45) is 5.73 Å². The summed E-state index contributed by atoms with van der Waals surface area (Å²) < 4.78 is 1.73. The first-order valence-electron chi connectivity index (χ1n) is 5.65. The standard InChI is InChI=1S/C12H18N4O/c1-12(2,3)11-14-10-6-8(9(13)7-17)4-5-16(10)15-11/h4-6,9,17H,7,13H2,1-3H3. The molecule has 2 aromatic heterocycles. The molecule has 0 radical (unpaired) electrons. The van der Waals surface area contributed by atoms with Gasteiger partial charge in [0, 0.05) is 11.6 Å². The van der Waals surface area contributed by atoms with Crippen LogP contribution in [0.15, 0.2) is 18.3 Å². The molecular formula is C12H18N4O. The van der Waals surface area contributed by atoms with Gasteiger partial charge in [-0.05, 0) is 17.7 Å². The second-order valence-corrected chi connectivity index (χ2v) is 5.24. The zero-order chi connectivity index (χ0) is 12.6. The average Bonchev–Trinajstić information content (AvgIpc) is 2.70. The van der Waals surface area contributed by atoms with E-state index in [1.54, 1.807) is 4.52 Å². The number of aliphatic hydroxyl groups is 1. The number of nitrogens with zero attached hydrogens (tertiary/aromatic N) is 3. The molecule has 0 aliphatic heterocycles. The lowest BCUT2D eigenvalue weighted by Gasteiger charge is -2.11. The van der Waals surface area contributed by atoms with Crippen molar-refractivity contribution < 1.29 is 5.11 Å². The Bertz CT molecular complexity index is 527. The van der Waals surface area contributed by atoms with Gasteiger partial charge in [0.2, 0.25) is 0 Å². The highest BCUT2D eigenvalue weighted by Crippen LogP contribution is 2.20. The van der Waals surface area contributed by atoms with E-state index in [-0.39, 0.29) is 18.1 Å². The highest BCUT2D eigenvalue weighted by molar-refractivity contribution is 5.42. The number of fused-ring (bicyclic) bond motifs is 1. The summed E-state index contributed by atoms with van der Waals surface area (Å²) in [4.78, 5) is 4.48. The monoisotopic (exact) mass is 234 g/mol. The van der Waals surface area contributed by atoms with Crippen molar-refractivity contribution in [2.75, 3.05) is 6.61 Å². The predicted molar refractivity (Wildman–Crippen MR) is 65.7 cm³/mol. The van der Waals surface area contributed by atoms with Gasteiger partial charge in [-0.25, -0.2) is 9.50 Å². The van der Waals surface area contributed by atoms with Crippen molar-refractivity contribution in [3.63, 3.8) is 0 Å². The van der Waals surface area contributed by atoms with E-state index in [1.165, 1.54) is 0 Å². The molecule has 5 heteroatoms. The van der Waals surface area contributed by atoms with Gasteiger partial charge in [-0.1, -0.05) is 20.8 Å². The van der Waals surface area contributed by atoms with Crippen LogP contribution < -0.4 is 5.73 Å². The van der Waals surface area contributed by atoms with Crippen LogP contribution in [0.4, 0.5) is 0 Å². The van der Waals surface area contributed by atoms with Gasteiger partial charge in [0.15, 0.2) is 11.5 Å². The lowest BCUT2D eigenvalue weighted by molar-refractivity contribution is 0.268. The van der Waals surface area contributed by atoms with Gasteiger partial charge in [0.05, 0.1) is 12.6 Å². The minimum absolute atomic E-state index is 0.0730. The number of hydrogen-bond acceptors (Lipinski definition) is 4. The van der Waals surface area contributed by atoms with Gasteiger partial charge >= 0.3 is 0 Å². The Hall–Kier alpha value is -1.46. The fourth-order valence-electron chi connectivity index (χ4n) is 1.55. The molecule has 0 amide bonds. The summed E-state index contributed by atoms with van der Waals surface area (Å²) in [6.07, 6.45) is 1.82. The van der Waals surface area contributed by atoms with E-state index < -0.39 is 0 Å². The van der Waals surface area contributed by atoms with Crippen LogP contribution in [0.1, 0.15) is 38.2 Å². The molecule has 0 aliphatic carbocycles. The largest absolute Gasteiger partial charge is 0.394 e. The van der Waals surface area contributed by atoms with E-state index in [0.717, 1.165) is 17.0 Å². The highest BCUT2D eigenvalue weighted by Gasteiger charge is 2.19. The Kier molecular flexibility index (Phi) is 2.89. The molecule has 1 unspecified atom stereocenters. The third kappa shape index (κ3) is 2.30. The number of pyridine rings is 1. The summed E-state index contributed by atoms with van der Waals surface area (Å²) in [5, 5.41) is 13.4. The maximum Gasteiger partial charge on any atom is 0.157 e. The third-order valence-electron chi connectivity index (χ3n) is 2.66. The van der Waals surface area contributed by atoms with Gasteiger partial charge in [0.25, 0.3) is 0 Å². The van der Waals surface area contributed by atoms with Crippen LogP contribution in [0.25, 0.3) is 5.65 Å². The van der Waals surface area contributed by atoms with E-state index >= 15 is 0 Å². The molecule has 0 spiro atoms. The van der Waals surface area contributed by atoms with Crippen LogP contribution in [0.2, 0.25) is 0 Å². The molecule has 92 valence electrons. The zero-order valence-electron chi connectivity index (χ0n) is 10.4. The normalized spacial score (nSPS) is 14.2. The summed E-state index contributed by atoms with van der Waals surface area (Å²) in [5.41, 5.74) is 7.32. The van der Waals surface area contributed by atoms with Gasteiger partial charge in [-0.3, -0.25) is 0 Å². The van der Waals surface area contributed by atoms with Crippen molar-refractivity contribution in [3.05, 3.63) is 29.7 Å². The van der Waals surface area contributed by atoms with Crippen LogP contribution in [-0.4, -0.2) is 26.3 Å². The van der Waals surface area contributed by atoms with E-state index in [4.69, 9.17) is 10.8 Å². The Balaban J connectivity index is 2.48. The van der Waals surface area contributed by atoms with Crippen molar-refractivity contribution >= 4 is 5.65 Å². The van der Waals surface area contributed by atoms with Gasteiger partial charge in [0.1, 0.15) is 0 Å². The Labute approximate surface area is 100 Å². The lowest BCUT2D eigenvalue weighted by Crippen LogP contribution is -2.14. The van der Waals surface area contributed by atoms with Crippen LogP contribution in [0, 0.1) is 0 Å². The summed E-state index contributed by atoms with van der Waals surface area (Å²) in [6.45, 7) is 6.14. The van der Waals surface area contributed by atoms with Crippen molar-refractivity contribution in [1.29, 1.82) is 0 Å². The smallest absolute Gasteiger partial charge is 0.157 e. The minimum atomic E-state index is -0.366. The first kappa shape index (κ1) is 12.0. The molecule has 17 heavy (non-hydrogen) atoms. The van der Waals surface area contributed by atoms with E-state index in [2.05, 4.69) is 30.9 Å². The number of aliphatic hydroxyl groups excluding tert-OH is 1. The predicted octanol–water partition coefficient (Wildman–Crippen LogP) is 1.02. The molecule has 0 fully saturated rings. The van der Waals surface area contributed by atoms with Crippen molar-refractivity contribution in [1.82, 2.24) is 14.6 Å². The maximum atomic E-state index is 9.03. The molecule has 0 aromatic carbocycles.